The Morgan fingerprint density at radius 1 is 0.172 bits per heavy atom. The normalized spacial score (nSPS) is 13.8. The molecule has 0 heterocycles. The lowest BCUT2D eigenvalue weighted by Gasteiger charge is -2.32. The van der Waals surface area contributed by atoms with Crippen LogP contribution in [-0.4, -0.2) is 289 Å². The molecule has 0 fully saturated rings. The van der Waals surface area contributed by atoms with E-state index < -0.39 is 61.0 Å². The Labute approximate surface area is 791 Å². The number of para-hydroxylation sites is 10. The minimum atomic E-state index is -0.677. The average molecular weight is 1840 g/mol. The van der Waals surface area contributed by atoms with Gasteiger partial charge in [-0.3, -0.25) is 4.90 Å². The SMILES string of the molecule is CN(C)CCOCCOC(COc1ccccc1)COC(COc1ccccc1)COC(COc1ccccc1)COC(COc1ccccc1)COC(COc1ccccc1)CN(Cc1ccccc1)CC(COc1ccccc1)OCC(COc1ccccc1)OCC(COc1ccccc1)OCC(COc1ccccc1)OCC(COc1ccccc1)OCCOCCN(C)C. The minimum absolute atomic E-state index is 0.0519. The molecule has 0 bridgehead atoms. The Balaban J connectivity index is 0.831. The van der Waals surface area contributed by atoms with Gasteiger partial charge in [-0.15, -0.1) is 0 Å². The Hall–Kier alpha value is -11.2. The molecule has 0 amide bonds. The molecular weight excluding hydrogens is 1700 g/mol. The zero-order chi connectivity index (χ0) is 92.8. The van der Waals surface area contributed by atoms with Gasteiger partial charge in [0.2, 0.25) is 0 Å². The van der Waals surface area contributed by atoms with Crippen LogP contribution >= 0.6 is 0 Å². The van der Waals surface area contributed by atoms with Gasteiger partial charge in [-0.05, 0) is 155 Å². The summed E-state index contributed by atoms with van der Waals surface area (Å²) in [5, 5.41) is 0. The molecule has 718 valence electrons. The highest BCUT2D eigenvalue weighted by molar-refractivity contribution is 5.28. The van der Waals surface area contributed by atoms with Crippen molar-refractivity contribution in [1.82, 2.24) is 14.7 Å². The van der Waals surface area contributed by atoms with Crippen LogP contribution in [0.1, 0.15) is 5.56 Å². The maximum Gasteiger partial charge on any atom is 0.119 e. The predicted molar refractivity (Wildman–Crippen MR) is 517 cm³/mol. The number of nitrogens with zero attached hydrogens (tertiary/aromatic N) is 3. The van der Waals surface area contributed by atoms with Crippen molar-refractivity contribution in [3.63, 3.8) is 0 Å². The maximum atomic E-state index is 7.23. The molecule has 11 aromatic carbocycles. The molecule has 0 spiro atoms. The second-order valence-electron chi connectivity index (χ2n) is 32.4. The molecular formula is C109H135N3O22. The van der Waals surface area contributed by atoms with E-state index in [-0.39, 0.29) is 119 Å². The molecule has 10 atom stereocenters. The van der Waals surface area contributed by atoms with Crippen LogP contribution in [0.2, 0.25) is 0 Å². The zero-order valence-electron chi connectivity index (χ0n) is 77.9. The highest BCUT2D eigenvalue weighted by Gasteiger charge is 2.29. The van der Waals surface area contributed by atoms with Gasteiger partial charge in [0.15, 0.2) is 0 Å². The van der Waals surface area contributed by atoms with Crippen LogP contribution in [0.4, 0.5) is 0 Å². The summed E-state index contributed by atoms with van der Waals surface area (Å²) >= 11 is 0. The third-order valence-electron chi connectivity index (χ3n) is 20.6. The van der Waals surface area contributed by atoms with Crippen molar-refractivity contribution < 1.29 is 104 Å². The van der Waals surface area contributed by atoms with Gasteiger partial charge in [-0.2, -0.15) is 0 Å². The maximum absolute atomic E-state index is 7.23. The van der Waals surface area contributed by atoms with E-state index in [0.29, 0.717) is 117 Å². The summed E-state index contributed by atoms with van der Waals surface area (Å²) in [5.41, 5.74) is 1.06. The molecule has 0 radical (unpaired) electrons. The lowest BCUT2D eigenvalue weighted by atomic mass is 10.2. The molecule has 11 aromatic rings. The van der Waals surface area contributed by atoms with E-state index >= 15 is 0 Å². The van der Waals surface area contributed by atoms with Gasteiger partial charge >= 0.3 is 0 Å². The summed E-state index contributed by atoms with van der Waals surface area (Å²) in [7, 11) is 8.06. The van der Waals surface area contributed by atoms with Crippen molar-refractivity contribution >= 4 is 0 Å². The lowest BCUT2D eigenvalue weighted by Crippen LogP contribution is -2.45. The fourth-order valence-corrected chi connectivity index (χ4v) is 13.3. The highest BCUT2D eigenvalue weighted by Crippen LogP contribution is 2.23. The summed E-state index contributed by atoms with van der Waals surface area (Å²) in [6.07, 6.45) is -6.03. The number of benzene rings is 11. The van der Waals surface area contributed by atoms with Crippen LogP contribution in [0.25, 0.3) is 0 Å². The summed E-state index contributed by atoms with van der Waals surface area (Å²) in [5.74, 6) is 6.77. The standard InChI is InChI=1S/C109H135N3O22/c1-110(2)60-62-113-64-66-115-102(73-119-92-44-22-8-23-45-92)75-129-106(79-123-96-52-30-12-31-53-96)85-133-108(81-125-98-56-34-14-35-57-98)87-131-104(77-121-94-48-26-10-27-49-94)83-127-100(71-117-90-40-18-6-19-41-90)69-112(68-89-38-16-5-17-39-89)70-101(72-118-91-42-20-7-21-43-91)128-84-105(78-122-95-50-28-11-29-51-95)132-88-109(82-126-99-58-36-15-37-59-99)134-86-107(80-124-97-54-32-13-33-55-97)130-76-103(74-120-93-46-24-9-25-47-93)116-67-65-114-63-61-111(3)4/h5-59,100-109H,60-88H2,1-4H3. The van der Waals surface area contributed by atoms with Crippen molar-refractivity contribution in [2.45, 2.75) is 67.6 Å². The minimum Gasteiger partial charge on any atom is -0.491 e. The van der Waals surface area contributed by atoms with E-state index in [1.54, 1.807) is 0 Å². The number of ether oxygens (including phenoxy) is 22. The van der Waals surface area contributed by atoms with Crippen LogP contribution in [0.3, 0.4) is 0 Å². The van der Waals surface area contributed by atoms with Crippen molar-refractivity contribution in [2.24, 2.45) is 0 Å². The number of rotatable bonds is 74. The van der Waals surface area contributed by atoms with Crippen LogP contribution in [-0.2, 0) is 63.4 Å². The second-order valence-corrected chi connectivity index (χ2v) is 32.4. The molecule has 0 aliphatic rings. The van der Waals surface area contributed by atoms with Gasteiger partial charge in [-0.25, -0.2) is 0 Å². The third kappa shape index (κ3) is 44.8. The molecule has 134 heavy (non-hydrogen) atoms. The monoisotopic (exact) mass is 1840 g/mol. The molecule has 11 rings (SSSR count). The van der Waals surface area contributed by atoms with Crippen molar-refractivity contribution in [3.05, 3.63) is 339 Å². The summed E-state index contributed by atoms with van der Waals surface area (Å²) in [4.78, 5) is 6.47. The third-order valence-corrected chi connectivity index (χ3v) is 20.6. The first kappa shape index (κ1) is 103. The quantitative estimate of drug-likeness (QED) is 0.0324. The average Bonchev–Trinajstić information content (AvgIpc) is 0.884. The topological polar surface area (TPSA) is 213 Å². The molecule has 0 aromatic heterocycles. The van der Waals surface area contributed by atoms with Gasteiger partial charge in [0.05, 0.1) is 92.5 Å². The molecule has 25 heteroatoms. The number of hydrogen-bond acceptors (Lipinski definition) is 25. The molecule has 0 N–H and O–H groups in total. The predicted octanol–water partition coefficient (Wildman–Crippen LogP) is 16.3. The summed E-state index contributed by atoms with van der Waals surface area (Å²) in [6, 6.07) is 107. The molecule has 25 nitrogen and oxygen atoms in total. The van der Waals surface area contributed by atoms with Crippen molar-refractivity contribution in [1.29, 1.82) is 0 Å². The highest BCUT2D eigenvalue weighted by atomic mass is 16.6. The Morgan fingerprint density at radius 2 is 0.336 bits per heavy atom. The Bertz CT molecular complexity index is 4380. The van der Waals surface area contributed by atoms with E-state index in [1.807, 2.05) is 350 Å². The lowest BCUT2D eigenvalue weighted by molar-refractivity contribution is -0.133. The van der Waals surface area contributed by atoms with Gasteiger partial charge in [0, 0.05) is 32.7 Å². The Morgan fingerprint density at radius 3 is 0.522 bits per heavy atom. The molecule has 0 aliphatic carbocycles. The van der Waals surface area contributed by atoms with Crippen LogP contribution in [0.5, 0.6) is 57.5 Å². The number of hydrogen-bond donors (Lipinski definition) is 0. The largest absolute Gasteiger partial charge is 0.491 e. The summed E-state index contributed by atoms with van der Waals surface area (Å²) in [6.45, 7) is 7.51. The first-order valence-electron chi connectivity index (χ1n) is 46.2. The van der Waals surface area contributed by atoms with E-state index in [0.717, 1.165) is 18.7 Å². The van der Waals surface area contributed by atoms with Crippen molar-refractivity contribution in [3.8, 4) is 57.5 Å². The van der Waals surface area contributed by atoms with Crippen molar-refractivity contribution in [2.75, 3.05) is 213 Å². The smallest absolute Gasteiger partial charge is 0.119 e. The van der Waals surface area contributed by atoms with Crippen LogP contribution in [0, 0.1) is 0 Å². The first-order chi connectivity index (χ1) is 66.1. The number of likely N-dealkylation sites (N-methyl/N-ethyl adjacent to an activating group) is 2. The first-order valence-corrected chi connectivity index (χ1v) is 46.2. The van der Waals surface area contributed by atoms with Gasteiger partial charge in [0.1, 0.15) is 185 Å². The fourth-order valence-electron chi connectivity index (χ4n) is 13.3. The van der Waals surface area contributed by atoms with Crippen LogP contribution < -0.4 is 47.4 Å². The second kappa shape index (κ2) is 63.9. The molecule has 0 saturated heterocycles. The molecule has 10 unspecified atom stereocenters. The van der Waals surface area contributed by atoms with Gasteiger partial charge < -0.3 is 114 Å². The van der Waals surface area contributed by atoms with E-state index in [4.69, 9.17) is 104 Å². The van der Waals surface area contributed by atoms with E-state index in [1.165, 1.54) is 0 Å². The van der Waals surface area contributed by atoms with E-state index in [9.17, 15) is 0 Å². The van der Waals surface area contributed by atoms with Gasteiger partial charge in [-0.1, -0.05) is 212 Å². The zero-order valence-corrected chi connectivity index (χ0v) is 77.9. The van der Waals surface area contributed by atoms with Gasteiger partial charge in [0.25, 0.3) is 0 Å². The Kier molecular flexibility index (Phi) is 49.3. The molecule has 0 aliphatic heterocycles. The fraction of sp³-hybridized carbons (Fsp3) is 0.394. The summed E-state index contributed by atoms with van der Waals surface area (Å²) < 4.78 is 146. The molecule has 0 saturated carbocycles. The van der Waals surface area contributed by atoms with E-state index in [2.05, 4.69) is 26.8 Å². The van der Waals surface area contributed by atoms with Crippen LogP contribution in [0.15, 0.2) is 334 Å².